The molecule has 0 saturated carbocycles. The van der Waals surface area contributed by atoms with Gasteiger partial charge in [-0.05, 0) is 31.0 Å². The summed E-state index contributed by atoms with van der Waals surface area (Å²) in [7, 11) is 3.72. The first-order valence-electron chi connectivity index (χ1n) is 5.54. The van der Waals surface area contributed by atoms with Crippen LogP contribution in [-0.2, 0) is 17.6 Å². The van der Waals surface area contributed by atoms with Crippen molar-refractivity contribution in [1.29, 1.82) is 0 Å². The molecule has 0 aliphatic rings. The van der Waals surface area contributed by atoms with E-state index >= 15 is 0 Å². The van der Waals surface area contributed by atoms with Gasteiger partial charge in [0.1, 0.15) is 0 Å². The van der Waals surface area contributed by atoms with Gasteiger partial charge in [0.05, 0.1) is 6.61 Å². The zero-order valence-corrected chi connectivity index (χ0v) is 9.92. The third kappa shape index (κ3) is 4.02. The van der Waals surface area contributed by atoms with E-state index in [4.69, 9.17) is 4.74 Å². The summed E-state index contributed by atoms with van der Waals surface area (Å²) in [5.74, 6) is 0. The zero-order chi connectivity index (χ0) is 11.1. The fraction of sp³-hybridized carbons (Fsp3) is 0.538. The van der Waals surface area contributed by atoms with Crippen LogP contribution in [0, 0.1) is 0 Å². The minimum atomic E-state index is 0.405. The molecule has 1 aromatic rings. The van der Waals surface area contributed by atoms with Crippen molar-refractivity contribution < 1.29 is 4.74 Å². The molecule has 0 radical (unpaired) electrons. The van der Waals surface area contributed by atoms with Gasteiger partial charge >= 0.3 is 0 Å². The third-order valence-electron chi connectivity index (χ3n) is 2.69. The largest absolute Gasteiger partial charge is 0.383 e. The summed E-state index contributed by atoms with van der Waals surface area (Å²) in [6.45, 7) is 2.93. The maximum absolute atomic E-state index is 5.15. The first-order chi connectivity index (χ1) is 7.30. The average molecular weight is 207 g/mol. The smallest absolute Gasteiger partial charge is 0.0618 e. The second kappa shape index (κ2) is 6.59. The number of likely N-dealkylation sites (N-methyl/N-ethyl adjacent to an activating group) is 1. The van der Waals surface area contributed by atoms with E-state index in [9.17, 15) is 0 Å². The van der Waals surface area contributed by atoms with Gasteiger partial charge in [-0.3, -0.25) is 0 Å². The number of hydrogen-bond donors (Lipinski definition) is 1. The Morgan fingerprint density at radius 3 is 2.27 bits per heavy atom. The first-order valence-corrected chi connectivity index (χ1v) is 5.54. The molecule has 0 aliphatic heterocycles. The monoisotopic (exact) mass is 207 g/mol. The van der Waals surface area contributed by atoms with Crippen LogP contribution in [0.1, 0.15) is 18.1 Å². The van der Waals surface area contributed by atoms with Crippen LogP contribution in [0.25, 0.3) is 0 Å². The lowest BCUT2D eigenvalue weighted by molar-refractivity contribution is 0.169. The van der Waals surface area contributed by atoms with Crippen molar-refractivity contribution in [1.82, 2.24) is 5.32 Å². The van der Waals surface area contributed by atoms with E-state index < -0.39 is 0 Å². The van der Waals surface area contributed by atoms with Crippen molar-refractivity contribution >= 4 is 0 Å². The number of hydrogen-bond acceptors (Lipinski definition) is 2. The molecule has 1 N–H and O–H groups in total. The number of ether oxygens (including phenoxy) is 1. The third-order valence-corrected chi connectivity index (χ3v) is 2.69. The SMILES string of the molecule is CCc1ccc(CC(COC)NC)cc1. The normalized spacial score (nSPS) is 12.7. The molecule has 1 unspecified atom stereocenters. The van der Waals surface area contributed by atoms with Crippen molar-refractivity contribution in [3.63, 3.8) is 0 Å². The van der Waals surface area contributed by atoms with Crippen LogP contribution in [0.15, 0.2) is 24.3 Å². The van der Waals surface area contributed by atoms with Crippen molar-refractivity contribution in [2.24, 2.45) is 0 Å². The minimum Gasteiger partial charge on any atom is -0.383 e. The van der Waals surface area contributed by atoms with Crippen molar-refractivity contribution in [2.75, 3.05) is 20.8 Å². The maximum atomic E-state index is 5.15. The van der Waals surface area contributed by atoms with Gasteiger partial charge < -0.3 is 10.1 Å². The second-order valence-corrected chi connectivity index (χ2v) is 3.82. The summed E-state index contributed by atoms with van der Waals surface area (Å²) < 4.78 is 5.15. The van der Waals surface area contributed by atoms with E-state index in [1.165, 1.54) is 11.1 Å². The highest BCUT2D eigenvalue weighted by Crippen LogP contribution is 2.07. The molecule has 1 atom stereocenters. The fourth-order valence-electron chi connectivity index (χ4n) is 1.64. The average Bonchev–Trinajstić information content (AvgIpc) is 2.29. The molecule has 0 fully saturated rings. The van der Waals surface area contributed by atoms with Gasteiger partial charge in [-0.25, -0.2) is 0 Å². The van der Waals surface area contributed by atoms with Crippen molar-refractivity contribution in [2.45, 2.75) is 25.8 Å². The maximum Gasteiger partial charge on any atom is 0.0618 e. The number of benzene rings is 1. The fourth-order valence-corrected chi connectivity index (χ4v) is 1.64. The zero-order valence-electron chi connectivity index (χ0n) is 9.92. The Balaban J connectivity index is 2.55. The summed E-state index contributed by atoms with van der Waals surface area (Å²) in [6, 6.07) is 9.23. The van der Waals surface area contributed by atoms with E-state index in [0.717, 1.165) is 19.4 Å². The lowest BCUT2D eigenvalue weighted by Gasteiger charge is -2.15. The Morgan fingerprint density at radius 2 is 1.80 bits per heavy atom. The van der Waals surface area contributed by atoms with Gasteiger partial charge in [0.15, 0.2) is 0 Å². The molecule has 15 heavy (non-hydrogen) atoms. The predicted octanol–water partition coefficient (Wildman–Crippen LogP) is 2.03. The molecule has 0 spiro atoms. The van der Waals surface area contributed by atoms with Gasteiger partial charge in [-0.1, -0.05) is 31.2 Å². The molecule has 0 bridgehead atoms. The van der Waals surface area contributed by atoms with Gasteiger partial charge in [0.25, 0.3) is 0 Å². The lowest BCUT2D eigenvalue weighted by atomic mass is 10.0. The molecule has 0 amide bonds. The Bertz CT molecular complexity index is 268. The highest BCUT2D eigenvalue weighted by Gasteiger charge is 2.06. The van der Waals surface area contributed by atoms with E-state index in [0.29, 0.717) is 6.04 Å². The predicted molar refractivity (Wildman–Crippen MR) is 64.2 cm³/mol. The summed E-state index contributed by atoms with van der Waals surface area (Å²) in [5.41, 5.74) is 2.76. The van der Waals surface area contributed by atoms with Crippen LogP contribution < -0.4 is 5.32 Å². The molecule has 0 aliphatic carbocycles. The summed E-state index contributed by atoms with van der Waals surface area (Å²) in [4.78, 5) is 0. The highest BCUT2D eigenvalue weighted by molar-refractivity contribution is 5.23. The summed E-state index contributed by atoms with van der Waals surface area (Å²) in [6.07, 6.45) is 2.13. The molecule has 0 aromatic heterocycles. The summed E-state index contributed by atoms with van der Waals surface area (Å²) >= 11 is 0. The lowest BCUT2D eigenvalue weighted by Crippen LogP contribution is -2.32. The van der Waals surface area contributed by atoms with Crippen molar-refractivity contribution in [3.05, 3.63) is 35.4 Å². The molecule has 84 valence electrons. The van der Waals surface area contributed by atoms with Crippen molar-refractivity contribution in [3.8, 4) is 0 Å². The molecule has 2 heteroatoms. The Kier molecular flexibility index (Phi) is 5.37. The van der Waals surface area contributed by atoms with Crippen LogP contribution in [0.4, 0.5) is 0 Å². The molecular formula is C13H21NO. The quantitative estimate of drug-likeness (QED) is 0.770. The molecule has 0 heterocycles. The van der Waals surface area contributed by atoms with E-state index in [2.05, 4.69) is 36.5 Å². The molecule has 1 rings (SSSR count). The molecule has 0 saturated heterocycles. The number of methoxy groups -OCH3 is 1. The van der Waals surface area contributed by atoms with Crippen LogP contribution in [0.5, 0.6) is 0 Å². The molecule has 2 nitrogen and oxygen atoms in total. The van der Waals surface area contributed by atoms with Crippen LogP contribution in [0.2, 0.25) is 0 Å². The van der Waals surface area contributed by atoms with Gasteiger partial charge in [-0.2, -0.15) is 0 Å². The Labute approximate surface area is 92.6 Å². The molecule has 1 aromatic carbocycles. The van der Waals surface area contributed by atoms with Crippen LogP contribution in [0.3, 0.4) is 0 Å². The van der Waals surface area contributed by atoms with E-state index in [1.54, 1.807) is 7.11 Å². The summed E-state index contributed by atoms with van der Waals surface area (Å²) in [5, 5.41) is 3.26. The standard InChI is InChI=1S/C13H21NO/c1-4-11-5-7-12(8-6-11)9-13(14-2)10-15-3/h5-8,13-14H,4,9-10H2,1-3H3. The van der Waals surface area contributed by atoms with Crippen LogP contribution >= 0.6 is 0 Å². The number of rotatable bonds is 6. The second-order valence-electron chi connectivity index (χ2n) is 3.82. The van der Waals surface area contributed by atoms with Crippen LogP contribution in [-0.4, -0.2) is 26.8 Å². The molecular weight excluding hydrogens is 186 g/mol. The highest BCUT2D eigenvalue weighted by atomic mass is 16.5. The van der Waals surface area contributed by atoms with E-state index in [1.807, 2.05) is 7.05 Å². The van der Waals surface area contributed by atoms with Gasteiger partial charge in [-0.15, -0.1) is 0 Å². The number of aryl methyl sites for hydroxylation is 1. The van der Waals surface area contributed by atoms with E-state index in [-0.39, 0.29) is 0 Å². The number of nitrogens with one attached hydrogen (secondary N) is 1. The Hall–Kier alpha value is -0.860. The van der Waals surface area contributed by atoms with Gasteiger partial charge in [0.2, 0.25) is 0 Å². The van der Waals surface area contributed by atoms with Gasteiger partial charge in [0, 0.05) is 13.2 Å². The topological polar surface area (TPSA) is 21.3 Å². The minimum absolute atomic E-state index is 0.405. The first kappa shape index (κ1) is 12.2. The Morgan fingerprint density at radius 1 is 1.20 bits per heavy atom.